The zero-order valence-electron chi connectivity index (χ0n) is 9.46. The highest BCUT2D eigenvalue weighted by Crippen LogP contribution is 2.18. The third kappa shape index (κ3) is 2.61. The molecule has 0 unspecified atom stereocenters. The number of carboxylic acid groups (broad SMARTS) is 1. The van der Waals surface area contributed by atoms with Gasteiger partial charge >= 0.3 is 5.97 Å². The van der Waals surface area contributed by atoms with Crippen LogP contribution in [0.2, 0.25) is 0 Å². The fourth-order valence-corrected chi connectivity index (χ4v) is 2.21. The van der Waals surface area contributed by atoms with Crippen LogP contribution in [0.4, 0.5) is 0 Å². The van der Waals surface area contributed by atoms with Gasteiger partial charge < -0.3 is 5.11 Å². The van der Waals surface area contributed by atoms with E-state index in [1.807, 2.05) is 19.4 Å². The van der Waals surface area contributed by atoms with Crippen LogP contribution in [0.25, 0.3) is 0 Å². The van der Waals surface area contributed by atoms with E-state index in [0.717, 1.165) is 31.5 Å². The molecule has 1 aliphatic rings. The molecule has 1 fully saturated rings. The first kappa shape index (κ1) is 11.1. The number of nitrogens with zero attached hydrogens (tertiary/aromatic N) is 3. The van der Waals surface area contributed by atoms with Gasteiger partial charge in [-0.05, 0) is 19.4 Å². The number of carbonyl (C=O) groups is 1. The van der Waals surface area contributed by atoms with Crippen molar-refractivity contribution in [2.24, 2.45) is 13.0 Å². The molecule has 1 aromatic rings. The maximum absolute atomic E-state index is 10.9. The van der Waals surface area contributed by atoms with Gasteiger partial charge in [0.15, 0.2) is 0 Å². The van der Waals surface area contributed by atoms with Crippen molar-refractivity contribution in [3.05, 3.63) is 18.0 Å². The number of piperidine rings is 1. The molecule has 0 aromatic carbocycles. The summed E-state index contributed by atoms with van der Waals surface area (Å²) < 4.78 is 1.77. The van der Waals surface area contributed by atoms with Crippen LogP contribution in [-0.4, -0.2) is 38.8 Å². The summed E-state index contributed by atoms with van der Waals surface area (Å²) in [6, 6.07) is 0. The third-order valence-electron chi connectivity index (χ3n) is 3.02. The Kier molecular flexibility index (Phi) is 3.24. The molecule has 16 heavy (non-hydrogen) atoms. The molecule has 5 heteroatoms. The average molecular weight is 223 g/mol. The van der Waals surface area contributed by atoms with Gasteiger partial charge in [0.05, 0.1) is 12.1 Å². The van der Waals surface area contributed by atoms with E-state index in [1.165, 1.54) is 0 Å². The van der Waals surface area contributed by atoms with E-state index in [2.05, 4.69) is 10.00 Å². The number of likely N-dealkylation sites (tertiary alicyclic amines) is 1. The first-order valence-electron chi connectivity index (χ1n) is 5.58. The molecule has 88 valence electrons. The number of aromatic nitrogens is 2. The molecule has 1 atom stereocenters. The normalized spacial score (nSPS) is 22.2. The standard InChI is InChI=1S/C11H17N3O2/c1-13-6-9(5-12-13)7-14-4-2-3-10(8-14)11(15)16/h5-6,10H,2-4,7-8H2,1H3,(H,15,16)/t10-/m0/s1. The number of hydrogen-bond donors (Lipinski definition) is 1. The Labute approximate surface area is 94.7 Å². The van der Waals surface area contributed by atoms with Crippen molar-refractivity contribution in [1.82, 2.24) is 14.7 Å². The van der Waals surface area contributed by atoms with Gasteiger partial charge in [-0.25, -0.2) is 0 Å². The number of hydrogen-bond acceptors (Lipinski definition) is 3. The highest BCUT2D eigenvalue weighted by Gasteiger charge is 2.25. The number of aliphatic carboxylic acids is 1. The second kappa shape index (κ2) is 4.65. The first-order valence-corrected chi connectivity index (χ1v) is 5.58. The Morgan fingerprint density at radius 3 is 3.12 bits per heavy atom. The summed E-state index contributed by atoms with van der Waals surface area (Å²) in [5.41, 5.74) is 1.15. The Balaban J connectivity index is 1.92. The van der Waals surface area contributed by atoms with Gasteiger partial charge in [-0.1, -0.05) is 0 Å². The van der Waals surface area contributed by atoms with Gasteiger partial charge in [-0.3, -0.25) is 14.4 Å². The molecule has 0 spiro atoms. The lowest BCUT2D eigenvalue weighted by Crippen LogP contribution is -2.38. The zero-order chi connectivity index (χ0) is 11.5. The molecule has 0 bridgehead atoms. The van der Waals surface area contributed by atoms with Crippen molar-refractivity contribution in [2.75, 3.05) is 13.1 Å². The molecule has 2 heterocycles. The van der Waals surface area contributed by atoms with Crippen molar-refractivity contribution in [3.63, 3.8) is 0 Å². The summed E-state index contributed by atoms with van der Waals surface area (Å²) in [5, 5.41) is 13.1. The van der Waals surface area contributed by atoms with Gasteiger partial charge in [0.2, 0.25) is 0 Å². The molecule has 1 N–H and O–H groups in total. The summed E-state index contributed by atoms with van der Waals surface area (Å²) in [5.74, 6) is -0.874. The second-order valence-electron chi connectivity index (χ2n) is 4.43. The predicted octanol–water partition coefficient (Wildman–Crippen LogP) is 0.717. The summed E-state index contributed by atoms with van der Waals surface area (Å²) >= 11 is 0. The Morgan fingerprint density at radius 2 is 2.50 bits per heavy atom. The molecule has 1 saturated heterocycles. The highest BCUT2D eigenvalue weighted by molar-refractivity contribution is 5.70. The van der Waals surface area contributed by atoms with E-state index < -0.39 is 5.97 Å². The SMILES string of the molecule is Cn1cc(CN2CCC[C@H](C(=O)O)C2)cn1. The van der Waals surface area contributed by atoms with E-state index in [0.29, 0.717) is 6.54 Å². The fourth-order valence-electron chi connectivity index (χ4n) is 2.21. The van der Waals surface area contributed by atoms with Crippen molar-refractivity contribution in [2.45, 2.75) is 19.4 Å². The molecule has 0 saturated carbocycles. The van der Waals surface area contributed by atoms with Crippen molar-refractivity contribution in [1.29, 1.82) is 0 Å². The topological polar surface area (TPSA) is 58.4 Å². The summed E-state index contributed by atoms with van der Waals surface area (Å²) in [7, 11) is 1.89. The lowest BCUT2D eigenvalue weighted by molar-refractivity contribution is -0.143. The van der Waals surface area contributed by atoms with Crippen LogP contribution >= 0.6 is 0 Å². The van der Waals surface area contributed by atoms with Crippen LogP contribution in [0.1, 0.15) is 18.4 Å². The molecular formula is C11H17N3O2. The molecule has 5 nitrogen and oxygen atoms in total. The minimum atomic E-state index is -0.670. The van der Waals surface area contributed by atoms with Crippen LogP contribution in [0.15, 0.2) is 12.4 Å². The summed E-state index contributed by atoms with van der Waals surface area (Å²) in [4.78, 5) is 13.1. The quantitative estimate of drug-likeness (QED) is 0.820. The molecule has 0 radical (unpaired) electrons. The third-order valence-corrected chi connectivity index (χ3v) is 3.02. The maximum Gasteiger partial charge on any atom is 0.307 e. The molecule has 2 rings (SSSR count). The van der Waals surface area contributed by atoms with Crippen molar-refractivity contribution in [3.8, 4) is 0 Å². The van der Waals surface area contributed by atoms with Crippen molar-refractivity contribution < 1.29 is 9.90 Å². The van der Waals surface area contributed by atoms with Crippen LogP contribution in [0, 0.1) is 5.92 Å². The Bertz CT molecular complexity index is 375. The van der Waals surface area contributed by atoms with Gasteiger partial charge in [0.25, 0.3) is 0 Å². The van der Waals surface area contributed by atoms with Gasteiger partial charge in [-0.2, -0.15) is 5.10 Å². The van der Waals surface area contributed by atoms with Crippen LogP contribution in [-0.2, 0) is 18.4 Å². The van der Waals surface area contributed by atoms with E-state index in [9.17, 15) is 4.79 Å². The zero-order valence-corrected chi connectivity index (χ0v) is 9.46. The molecule has 1 aromatic heterocycles. The smallest absolute Gasteiger partial charge is 0.307 e. The Morgan fingerprint density at radius 1 is 1.69 bits per heavy atom. The molecule has 1 aliphatic heterocycles. The first-order chi connectivity index (χ1) is 7.65. The molecular weight excluding hydrogens is 206 g/mol. The molecule has 0 amide bonds. The van der Waals surface area contributed by atoms with Gasteiger partial charge in [-0.15, -0.1) is 0 Å². The molecule has 0 aliphatic carbocycles. The second-order valence-corrected chi connectivity index (χ2v) is 4.43. The van der Waals surface area contributed by atoms with Crippen LogP contribution in [0.3, 0.4) is 0 Å². The monoisotopic (exact) mass is 223 g/mol. The van der Waals surface area contributed by atoms with Crippen LogP contribution < -0.4 is 0 Å². The number of aryl methyl sites for hydroxylation is 1. The van der Waals surface area contributed by atoms with Crippen molar-refractivity contribution >= 4 is 5.97 Å². The van der Waals surface area contributed by atoms with E-state index in [4.69, 9.17) is 5.11 Å². The van der Waals surface area contributed by atoms with Gasteiger partial charge in [0, 0.05) is 31.9 Å². The fraction of sp³-hybridized carbons (Fsp3) is 0.636. The number of carboxylic acids is 1. The summed E-state index contributed by atoms with van der Waals surface area (Å²) in [6.07, 6.45) is 5.59. The predicted molar refractivity (Wildman–Crippen MR) is 58.8 cm³/mol. The van der Waals surface area contributed by atoms with E-state index in [1.54, 1.807) is 4.68 Å². The lowest BCUT2D eigenvalue weighted by Gasteiger charge is -2.30. The average Bonchev–Trinajstić information content (AvgIpc) is 2.64. The van der Waals surface area contributed by atoms with Gasteiger partial charge in [0.1, 0.15) is 0 Å². The minimum absolute atomic E-state index is 0.203. The summed E-state index contributed by atoms with van der Waals surface area (Å²) in [6.45, 7) is 2.44. The van der Waals surface area contributed by atoms with Crippen LogP contribution in [0.5, 0.6) is 0 Å². The Hall–Kier alpha value is -1.36. The number of rotatable bonds is 3. The highest BCUT2D eigenvalue weighted by atomic mass is 16.4. The minimum Gasteiger partial charge on any atom is -0.481 e. The van der Waals surface area contributed by atoms with E-state index >= 15 is 0 Å². The lowest BCUT2D eigenvalue weighted by atomic mass is 9.98. The largest absolute Gasteiger partial charge is 0.481 e. The van der Waals surface area contributed by atoms with E-state index in [-0.39, 0.29) is 5.92 Å². The maximum atomic E-state index is 10.9.